The highest BCUT2D eigenvalue weighted by Gasteiger charge is 1.89. The molecule has 0 atom stereocenters. The largest absolute Gasteiger partial charge is 0.469 e. The first-order valence-electron chi connectivity index (χ1n) is 4.92. The van der Waals surface area contributed by atoms with Gasteiger partial charge in [-0.15, -0.1) is 23.2 Å². The molecule has 0 aromatic rings. The van der Waals surface area contributed by atoms with Crippen LogP contribution in [0.25, 0.3) is 0 Å². The topological polar surface area (TPSA) is 29.5 Å². The van der Waals surface area contributed by atoms with Crippen LogP contribution in [-0.4, -0.2) is 43.0 Å². The third kappa shape index (κ3) is 31.5. The van der Waals surface area contributed by atoms with Crippen LogP contribution >= 0.6 is 23.2 Å². The van der Waals surface area contributed by atoms with Crippen molar-refractivity contribution < 1.29 is 9.53 Å². The van der Waals surface area contributed by atoms with Crippen molar-refractivity contribution >= 4 is 29.2 Å². The molecule has 0 aromatic carbocycles. The van der Waals surface area contributed by atoms with E-state index in [0.717, 1.165) is 0 Å². The minimum Gasteiger partial charge on any atom is -0.469 e. The van der Waals surface area contributed by atoms with Gasteiger partial charge in [-0.3, -0.25) is 4.79 Å². The lowest BCUT2D eigenvalue weighted by Gasteiger charge is -2.13. The fraction of sp³-hybridized carbons (Fsp3) is 0.900. The molecule has 0 N–H and O–H groups in total. The van der Waals surface area contributed by atoms with Crippen molar-refractivity contribution in [2.45, 2.75) is 27.7 Å². The molecular weight excluding hydrogens is 237 g/mol. The molecule has 0 heterocycles. The molecule has 0 aliphatic heterocycles. The van der Waals surface area contributed by atoms with Gasteiger partial charge < -0.3 is 9.64 Å². The fourth-order valence-electron chi connectivity index (χ4n) is 0.671. The maximum atomic E-state index is 9.59. The van der Waals surface area contributed by atoms with Gasteiger partial charge in [0.25, 0.3) is 0 Å². The fourth-order valence-corrected chi connectivity index (χ4v) is 0.671. The number of nitrogens with zero attached hydrogens (tertiary/aromatic N) is 1. The zero-order chi connectivity index (χ0) is 12.7. The van der Waals surface area contributed by atoms with E-state index in [9.17, 15) is 4.79 Å². The first kappa shape index (κ1) is 20.4. The number of ether oxygens (including phenoxy) is 1. The summed E-state index contributed by atoms with van der Waals surface area (Å²) in [5.74, 6) is -0.245. The normalized spacial score (nSPS) is 8.27. The van der Waals surface area contributed by atoms with E-state index in [1.807, 2.05) is 0 Å². The van der Waals surface area contributed by atoms with Gasteiger partial charge in [0.2, 0.25) is 0 Å². The zero-order valence-corrected chi connectivity index (χ0v) is 11.9. The summed E-state index contributed by atoms with van der Waals surface area (Å²) in [6, 6.07) is 0. The molecule has 0 unspecified atom stereocenters. The van der Waals surface area contributed by atoms with Crippen LogP contribution in [-0.2, 0) is 9.53 Å². The Morgan fingerprint density at radius 2 is 1.33 bits per heavy atom. The van der Waals surface area contributed by atoms with E-state index >= 15 is 0 Å². The number of hydrogen-bond donors (Lipinski definition) is 0. The Labute approximate surface area is 104 Å². The molecule has 0 aliphatic carbocycles. The third-order valence-electron chi connectivity index (χ3n) is 1.63. The second kappa shape index (κ2) is 19.6. The number of methoxy groups -OCH3 is 1. The third-order valence-corrected chi connectivity index (χ3v) is 1.63. The predicted octanol–water partition coefficient (Wildman–Crippen LogP) is 2.95. The molecule has 0 saturated heterocycles. The molecule has 0 spiro atoms. The van der Waals surface area contributed by atoms with Crippen molar-refractivity contribution in [2.75, 3.05) is 32.1 Å². The lowest BCUT2D eigenvalue weighted by Crippen LogP contribution is -2.21. The number of alkyl halides is 2. The van der Waals surface area contributed by atoms with E-state index in [0.29, 0.717) is 0 Å². The first-order valence-corrected chi connectivity index (χ1v) is 5.99. The van der Waals surface area contributed by atoms with Gasteiger partial charge in [-0.2, -0.15) is 0 Å². The van der Waals surface area contributed by atoms with Gasteiger partial charge >= 0.3 is 5.97 Å². The number of carbonyl (C=O) groups is 1. The van der Waals surface area contributed by atoms with Crippen LogP contribution in [0.2, 0.25) is 0 Å². The Hall–Kier alpha value is 0.01000. The molecule has 0 saturated carbocycles. The van der Waals surface area contributed by atoms with E-state index < -0.39 is 0 Å². The van der Waals surface area contributed by atoms with Gasteiger partial charge in [0, 0.05) is 6.92 Å². The average Bonchev–Trinajstić information content (AvgIpc) is 2.22. The second-order valence-corrected chi connectivity index (χ2v) is 3.22. The molecule has 0 aromatic heterocycles. The van der Waals surface area contributed by atoms with Crippen molar-refractivity contribution in [3.05, 3.63) is 0 Å². The van der Waals surface area contributed by atoms with E-state index in [1.54, 1.807) is 0 Å². The summed E-state index contributed by atoms with van der Waals surface area (Å²) in [4.78, 5) is 12.0. The van der Waals surface area contributed by atoms with Crippen molar-refractivity contribution in [1.82, 2.24) is 4.90 Å². The Balaban J connectivity index is -0.000000158. The van der Waals surface area contributed by atoms with Crippen LogP contribution in [0.1, 0.15) is 27.7 Å². The number of halogens is 2. The van der Waals surface area contributed by atoms with E-state index in [2.05, 4.69) is 30.4 Å². The summed E-state index contributed by atoms with van der Waals surface area (Å²) < 4.78 is 4.11. The summed E-state index contributed by atoms with van der Waals surface area (Å²) in [6.07, 6.45) is 0. The van der Waals surface area contributed by atoms with Crippen LogP contribution in [0, 0.1) is 0 Å². The van der Waals surface area contributed by atoms with Crippen LogP contribution in [0.4, 0.5) is 0 Å². The van der Waals surface area contributed by atoms with Crippen LogP contribution in [0.3, 0.4) is 0 Å². The Kier molecular flexibility index (Phi) is 26.6. The Morgan fingerprint density at radius 3 is 1.33 bits per heavy atom. The summed E-state index contributed by atoms with van der Waals surface area (Å²) in [5.41, 5.74) is 0. The highest BCUT2D eigenvalue weighted by atomic mass is 35.5. The van der Waals surface area contributed by atoms with Gasteiger partial charge in [0.1, 0.15) is 0 Å². The lowest BCUT2D eigenvalue weighted by molar-refractivity contribution is -0.137. The molecule has 3 nitrogen and oxygen atoms in total. The molecular formula is C10H23Cl2NO2. The van der Waals surface area contributed by atoms with E-state index in [4.69, 9.17) is 23.2 Å². The quantitative estimate of drug-likeness (QED) is 0.577. The maximum absolute atomic E-state index is 9.59. The van der Waals surface area contributed by atoms with Gasteiger partial charge in [-0.05, 0) is 19.6 Å². The molecule has 0 fully saturated rings. The highest BCUT2D eigenvalue weighted by Crippen LogP contribution is 1.81. The molecule has 94 valence electrons. The lowest BCUT2D eigenvalue weighted by atomic mass is 10.5. The molecule has 15 heavy (non-hydrogen) atoms. The SMILES string of the molecule is CCN(CC)CC.COC(C)=O.ClCCl. The number of hydrogen-bond acceptors (Lipinski definition) is 3. The zero-order valence-electron chi connectivity index (χ0n) is 10.3. The molecule has 0 aliphatic rings. The Bertz CT molecular complexity index is 114. The molecule has 0 radical (unpaired) electrons. The summed E-state index contributed by atoms with van der Waals surface area (Å²) in [7, 11) is 1.35. The predicted molar refractivity (Wildman–Crippen MR) is 67.7 cm³/mol. The van der Waals surface area contributed by atoms with Gasteiger partial charge in [0.15, 0.2) is 0 Å². The minimum absolute atomic E-state index is 0.194. The number of carbonyl (C=O) groups excluding carboxylic acids is 1. The Morgan fingerprint density at radius 1 is 1.13 bits per heavy atom. The van der Waals surface area contributed by atoms with Gasteiger partial charge in [0.05, 0.1) is 12.4 Å². The summed E-state index contributed by atoms with van der Waals surface area (Å²) in [5, 5.41) is 0.194. The number of rotatable bonds is 3. The van der Waals surface area contributed by atoms with Crippen LogP contribution in [0.15, 0.2) is 0 Å². The molecule has 5 heteroatoms. The average molecular weight is 260 g/mol. The summed E-state index contributed by atoms with van der Waals surface area (Å²) in [6.45, 7) is 11.5. The summed E-state index contributed by atoms with van der Waals surface area (Å²) >= 11 is 9.53. The van der Waals surface area contributed by atoms with Gasteiger partial charge in [-0.25, -0.2) is 0 Å². The number of esters is 1. The van der Waals surface area contributed by atoms with Crippen LogP contribution in [0.5, 0.6) is 0 Å². The second-order valence-electron chi connectivity index (χ2n) is 2.42. The first-order chi connectivity index (χ1) is 7.03. The van der Waals surface area contributed by atoms with Crippen molar-refractivity contribution in [3.8, 4) is 0 Å². The minimum atomic E-state index is -0.245. The highest BCUT2D eigenvalue weighted by molar-refractivity contribution is 6.40. The molecule has 0 rings (SSSR count). The van der Waals surface area contributed by atoms with E-state index in [1.165, 1.54) is 33.7 Å². The van der Waals surface area contributed by atoms with Gasteiger partial charge in [-0.1, -0.05) is 20.8 Å². The molecule has 0 bridgehead atoms. The smallest absolute Gasteiger partial charge is 0.302 e. The van der Waals surface area contributed by atoms with E-state index in [-0.39, 0.29) is 11.3 Å². The molecule has 0 amide bonds. The monoisotopic (exact) mass is 259 g/mol. The van der Waals surface area contributed by atoms with Crippen LogP contribution < -0.4 is 0 Å². The van der Waals surface area contributed by atoms with Crippen molar-refractivity contribution in [1.29, 1.82) is 0 Å². The van der Waals surface area contributed by atoms with Crippen molar-refractivity contribution in [3.63, 3.8) is 0 Å². The standard InChI is InChI=1S/C6H15N.C3H6O2.CH2Cl2/c1-4-7(5-2)6-3;1-3(4)5-2;2-1-3/h4-6H2,1-3H3;1-2H3;1H2. The van der Waals surface area contributed by atoms with Crippen molar-refractivity contribution in [2.24, 2.45) is 0 Å². The maximum Gasteiger partial charge on any atom is 0.302 e.